The van der Waals surface area contributed by atoms with Crippen LogP contribution in [0.15, 0.2) is 42.5 Å². The maximum absolute atomic E-state index is 13.8. The van der Waals surface area contributed by atoms with E-state index in [1.54, 1.807) is 29.2 Å². The van der Waals surface area contributed by atoms with Crippen LogP contribution in [0.2, 0.25) is 0 Å². The van der Waals surface area contributed by atoms with Crippen molar-refractivity contribution in [2.75, 3.05) is 18.4 Å². The first-order chi connectivity index (χ1) is 15.5. The average Bonchev–Trinajstić information content (AvgIpc) is 2.81. The second kappa shape index (κ2) is 10.1. The van der Waals surface area contributed by atoms with E-state index in [0.29, 0.717) is 37.2 Å². The number of amides is 2. The molecule has 5 nitrogen and oxygen atoms in total. The van der Waals surface area contributed by atoms with Crippen LogP contribution in [0.3, 0.4) is 0 Å². The van der Waals surface area contributed by atoms with E-state index >= 15 is 0 Å². The number of ether oxygens (including phenoxy) is 1. The van der Waals surface area contributed by atoms with E-state index in [1.165, 1.54) is 12.5 Å². The standard InChI is InChI=1S/C25H28F2N2O3/c26-19-9-10-23(22(27)16-19)32-21-11-13-29(14-12-21)25(31)18-7-4-8-20(15-18)28-24(30)17-5-2-1-3-6-17/h4,7-10,15-17,21H,1-3,5-6,11-14H2,(H,28,30). The highest BCUT2D eigenvalue weighted by Crippen LogP contribution is 2.26. The molecular weight excluding hydrogens is 414 g/mol. The van der Waals surface area contributed by atoms with Crippen molar-refractivity contribution in [3.05, 3.63) is 59.7 Å². The fraction of sp³-hybridized carbons (Fsp3) is 0.440. The zero-order chi connectivity index (χ0) is 22.5. The number of piperidine rings is 1. The van der Waals surface area contributed by atoms with Gasteiger partial charge in [0.25, 0.3) is 5.91 Å². The van der Waals surface area contributed by atoms with Crippen LogP contribution in [-0.4, -0.2) is 35.9 Å². The van der Waals surface area contributed by atoms with Crippen LogP contribution in [-0.2, 0) is 4.79 Å². The molecular formula is C25H28F2N2O3. The van der Waals surface area contributed by atoms with Gasteiger partial charge in [-0.2, -0.15) is 0 Å². The number of halogens is 2. The zero-order valence-corrected chi connectivity index (χ0v) is 18.0. The second-order valence-electron chi connectivity index (χ2n) is 8.59. The molecule has 1 aliphatic carbocycles. The number of hydrogen-bond acceptors (Lipinski definition) is 3. The zero-order valence-electron chi connectivity index (χ0n) is 18.0. The average molecular weight is 443 g/mol. The van der Waals surface area contributed by atoms with Crippen LogP contribution >= 0.6 is 0 Å². The lowest BCUT2D eigenvalue weighted by molar-refractivity contribution is -0.120. The summed E-state index contributed by atoms with van der Waals surface area (Å²) < 4.78 is 32.5. The Kier molecular flexibility index (Phi) is 7.02. The molecule has 7 heteroatoms. The normalized spacial score (nSPS) is 17.8. The SMILES string of the molecule is O=C(Nc1cccc(C(=O)N2CCC(Oc3ccc(F)cc3F)CC2)c1)C1CCCCC1. The maximum Gasteiger partial charge on any atom is 0.253 e. The Labute approximate surface area is 186 Å². The molecule has 0 atom stereocenters. The lowest BCUT2D eigenvalue weighted by atomic mass is 9.88. The summed E-state index contributed by atoms with van der Waals surface area (Å²) in [4.78, 5) is 27.2. The molecule has 2 aromatic rings. The van der Waals surface area contributed by atoms with Gasteiger partial charge in [0, 0.05) is 49.2 Å². The quantitative estimate of drug-likeness (QED) is 0.695. The molecule has 170 valence electrons. The number of nitrogens with one attached hydrogen (secondary N) is 1. The predicted octanol–water partition coefficient (Wildman–Crippen LogP) is 5.17. The van der Waals surface area contributed by atoms with Gasteiger partial charge >= 0.3 is 0 Å². The lowest BCUT2D eigenvalue weighted by Crippen LogP contribution is -2.41. The van der Waals surface area contributed by atoms with Gasteiger partial charge in [0.1, 0.15) is 11.9 Å². The van der Waals surface area contributed by atoms with Crippen molar-refractivity contribution < 1.29 is 23.1 Å². The van der Waals surface area contributed by atoms with Gasteiger partial charge in [0.2, 0.25) is 5.91 Å². The number of nitrogens with zero attached hydrogens (tertiary/aromatic N) is 1. The predicted molar refractivity (Wildman–Crippen MR) is 118 cm³/mol. The largest absolute Gasteiger partial charge is 0.487 e. The minimum atomic E-state index is -0.726. The van der Waals surface area contributed by atoms with E-state index in [-0.39, 0.29) is 29.6 Å². The fourth-order valence-electron chi connectivity index (χ4n) is 4.45. The van der Waals surface area contributed by atoms with Crippen LogP contribution in [0.4, 0.5) is 14.5 Å². The van der Waals surface area contributed by atoms with Crippen LogP contribution in [0.25, 0.3) is 0 Å². The van der Waals surface area contributed by atoms with E-state index in [2.05, 4.69) is 5.32 Å². The van der Waals surface area contributed by atoms with Crippen molar-refractivity contribution in [3.8, 4) is 5.75 Å². The molecule has 2 amide bonds. The van der Waals surface area contributed by atoms with Gasteiger partial charge in [-0.15, -0.1) is 0 Å². The first-order valence-corrected chi connectivity index (χ1v) is 11.3. The van der Waals surface area contributed by atoms with Gasteiger partial charge in [-0.25, -0.2) is 8.78 Å². The Morgan fingerprint density at radius 1 is 0.938 bits per heavy atom. The number of carbonyl (C=O) groups excluding carboxylic acids is 2. The molecule has 1 aliphatic heterocycles. The first kappa shape index (κ1) is 22.2. The molecule has 4 rings (SSSR count). The van der Waals surface area contributed by atoms with Gasteiger partial charge < -0.3 is 15.0 Å². The highest BCUT2D eigenvalue weighted by molar-refractivity contribution is 5.97. The minimum Gasteiger partial charge on any atom is -0.487 e. The molecule has 0 bridgehead atoms. The molecule has 1 N–H and O–H groups in total. The number of anilines is 1. The van der Waals surface area contributed by atoms with E-state index in [0.717, 1.165) is 37.8 Å². The smallest absolute Gasteiger partial charge is 0.253 e. The summed E-state index contributed by atoms with van der Waals surface area (Å²) in [6.07, 6.45) is 6.08. The Balaban J connectivity index is 1.32. The van der Waals surface area contributed by atoms with Crippen LogP contribution in [0, 0.1) is 17.6 Å². The molecule has 0 aromatic heterocycles. The molecule has 1 heterocycles. The van der Waals surface area contributed by atoms with E-state index in [9.17, 15) is 18.4 Å². The summed E-state index contributed by atoms with van der Waals surface area (Å²) in [5.41, 5.74) is 1.16. The summed E-state index contributed by atoms with van der Waals surface area (Å²) in [5.74, 6) is -1.38. The van der Waals surface area contributed by atoms with Crippen molar-refractivity contribution in [2.24, 2.45) is 5.92 Å². The van der Waals surface area contributed by atoms with Gasteiger partial charge in [0.15, 0.2) is 11.6 Å². The topological polar surface area (TPSA) is 58.6 Å². The lowest BCUT2D eigenvalue weighted by Gasteiger charge is -2.32. The van der Waals surface area contributed by atoms with Crippen molar-refractivity contribution in [1.29, 1.82) is 0 Å². The van der Waals surface area contributed by atoms with Crippen LogP contribution in [0.5, 0.6) is 5.75 Å². The summed E-state index contributed by atoms with van der Waals surface area (Å²) >= 11 is 0. The molecule has 1 saturated carbocycles. The third-order valence-electron chi connectivity index (χ3n) is 6.27. The highest BCUT2D eigenvalue weighted by Gasteiger charge is 2.26. The number of hydrogen-bond donors (Lipinski definition) is 1. The Morgan fingerprint density at radius 2 is 1.69 bits per heavy atom. The van der Waals surface area contributed by atoms with Crippen molar-refractivity contribution >= 4 is 17.5 Å². The Bertz CT molecular complexity index is 967. The van der Waals surface area contributed by atoms with Crippen molar-refractivity contribution in [1.82, 2.24) is 4.90 Å². The highest BCUT2D eigenvalue weighted by atomic mass is 19.1. The van der Waals surface area contributed by atoms with Gasteiger partial charge in [-0.1, -0.05) is 25.3 Å². The molecule has 32 heavy (non-hydrogen) atoms. The van der Waals surface area contributed by atoms with E-state index < -0.39 is 11.6 Å². The van der Waals surface area contributed by atoms with Crippen molar-refractivity contribution in [3.63, 3.8) is 0 Å². The van der Waals surface area contributed by atoms with Crippen LogP contribution < -0.4 is 10.1 Å². The molecule has 2 fully saturated rings. The summed E-state index contributed by atoms with van der Waals surface area (Å²) in [5, 5.41) is 2.96. The Morgan fingerprint density at radius 3 is 2.41 bits per heavy atom. The molecule has 0 spiro atoms. The molecule has 0 radical (unpaired) electrons. The maximum atomic E-state index is 13.8. The van der Waals surface area contributed by atoms with Gasteiger partial charge in [-0.05, 0) is 43.2 Å². The fourth-order valence-corrected chi connectivity index (χ4v) is 4.45. The van der Waals surface area contributed by atoms with E-state index in [4.69, 9.17) is 4.74 Å². The Hall–Kier alpha value is -2.96. The molecule has 1 saturated heterocycles. The molecule has 2 aliphatic rings. The third-order valence-corrected chi connectivity index (χ3v) is 6.27. The van der Waals surface area contributed by atoms with Gasteiger partial charge in [0.05, 0.1) is 0 Å². The van der Waals surface area contributed by atoms with Crippen LogP contribution in [0.1, 0.15) is 55.3 Å². The number of rotatable bonds is 5. The number of likely N-dealkylation sites (tertiary alicyclic amines) is 1. The monoisotopic (exact) mass is 442 g/mol. The molecule has 2 aromatic carbocycles. The van der Waals surface area contributed by atoms with E-state index in [1.807, 2.05) is 0 Å². The third kappa shape index (κ3) is 5.44. The summed E-state index contributed by atoms with van der Waals surface area (Å²) in [7, 11) is 0. The summed E-state index contributed by atoms with van der Waals surface area (Å²) in [6.45, 7) is 0.954. The van der Waals surface area contributed by atoms with Gasteiger partial charge in [-0.3, -0.25) is 9.59 Å². The number of benzene rings is 2. The molecule has 0 unspecified atom stereocenters. The second-order valence-corrected chi connectivity index (χ2v) is 8.59. The summed E-state index contributed by atoms with van der Waals surface area (Å²) in [6, 6.07) is 10.3. The number of carbonyl (C=O) groups is 2. The minimum absolute atomic E-state index is 0.0255. The first-order valence-electron chi connectivity index (χ1n) is 11.3. The van der Waals surface area contributed by atoms with Crippen molar-refractivity contribution in [2.45, 2.75) is 51.0 Å².